The molecule has 0 unspecified atom stereocenters. The zero-order valence-corrected chi connectivity index (χ0v) is 20.9. The van der Waals surface area contributed by atoms with Crippen molar-refractivity contribution in [2.24, 2.45) is 5.92 Å². The van der Waals surface area contributed by atoms with Crippen LogP contribution in [0, 0.1) is 5.92 Å². The molecule has 2 aliphatic heterocycles. The van der Waals surface area contributed by atoms with Crippen molar-refractivity contribution in [2.75, 3.05) is 33.3 Å². The Kier molecular flexibility index (Phi) is 5.92. The van der Waals surface area contributed by atoms with E-state index in [0.717, 1.165) is 52.9 Å². The molecule has 10 heteroatoms. The number of fused-ring (bicyclic) bond motifs is 2. The summed E-state index contributed by atoms with van der Waals surface area (Å²) in [5, 5.41) is 4.54. The smallest absolute Gasteiger partial charge is 0.406 e. The second-order valence-corrected chi connectivity index (χ2v) is 10.1. The van der Waals surface area contributed by atoms with Crippen molar-refractivity contribution in [1.29, 1.82) is 0 Å². The number of halogens is 3. The molecule has 4 heterocycles. The Hall–Kier alpha value is -3.82. The number of nitrogens with zero attached hydrogens (tertiary/aromatic N) is 4. The van der Waals surface area contributed by atoms with Gasteiger partial charge in [0.2, 0.25) is 5.91 Å². The van der Waals surface area contributed by atoms with Gasteiger partial charge in [0.05, 0.1) is 24.4 Å². The molecular formula is C28H27F3N4O3. The highest BCUT2D eigenvalue weighted by molar-refractivity contribution is 6.00. The van der Waals surface area contributed by atoms with E-state index in [2.05, 4.69) is 11.2 Å². The summed E-state index contributed by atoms with van der Waals surface area (Å²) >= 11 is 0. The van der Waals surface area contributed by atoms with Gasteiger partial charge in [-0.15, -0.1) is 0 Å². The number of ether oxygens (including phenoxy) is 1. The summed E-state index contributed by atoms with van der Waals surface area (Å²) in [5.74, 6) is 0.0725. The standard InChI is InChI=1S/C28H27F3N4O3/c1-38-24-13-21(12-19-8-11-34(16-28(29,30)31)27(37)25(19)24)22-14-32-35-15-20(4-5-23(22)35)17-6-9-33(10-7-17)26(36)18-2-3-18/h4-6,12-15,18H,2-3,7-11,16H2,1H3. The summed E-state index contributed by atoms with van der Waals surface area (Å²) in [4.78, 5) is 28.0. The molecule has 0 spiro atoms. The van der Waals surface area contributed by atoms with Gasteiger partial charge in [0, 0.05) is 37.3 Å². The highest BCUT2D eigenvalue weighted by Crippen LogP contribution is 2.37. The lowest BCUT2D eigenvalue weighted by Crippen LogP contribution is -2.43. The van der Waals surface area contributed by atoms with E-state index in [9.17, 15) is 22.8 Å². The molecule has 1 saturated carbocycles. The van der Waals surface area contributed by atoms with Gasteiger partial charge >= 0.3 is 6.18 Å². The number of carbonyl (C=O) groups is 2. The van der Waals surface area contributed by atoms with Crippen molar-refractivity contribution in [3.8, 4) is 16.9 Å². The van der Waals surface area contributed by atoms with E-state index >= 15 is 0 Å². The molecule has 1 aliphatic carbocycles. The number of rotatable bonds is 5. The molecule has 0 N–H and O–H groups in total. The third-order valence-corrected chi connectivity index (χ3v) is 7.57. The summed E-state index contributed by atoms with van der Waals surface area (Å²) in [6.45, 7) is 0.0609. The molecule has 0 saturated heterocycles. The van der Waals surface area contributed by atoms with Crippen LogP contribution < -0.4 is 4.74 Å². The third kappa shape index (κ3) is 4.52. The molecule has 3 aliphatic rings. The van der Waals surface area contributed by atoms with E-state index in [1.807, 2.05) is 29.3 Å². The van der Waals surface area contributed by atoms with Gasteiger partial charge in [-0.2, -0.15) is 18.3 Å². The van der Waals surface area contributed by atoms with Gasteiger partial charge in [0.1, 0.15) is 12.3 Å². The molecule has 1 aromatic carbocycles. The Morgan fingerprint density at radius 3 is 2.63 bits per heavy atom. The van der Waals surface area contributed by atoms with E-state index in [0.29, 0.717) is 18.5 Å². The van der Waals surface area contributed by atoms with Crippen LogP contribution >= 0.6 is 0 Å². The van der Waals surface area contributed by atoms with Gasteiger partial charge in [-0.3, -0.25) is 9.59 Å². The minimum Gasteiger partial charge on any atom is -0.496 e. The van der Waals surface area contributed by atoms with Gasteiger partial charge in [-0.25, -0.2) is 4.52 Å². The van der Waals surface area contributed by atoms with Crippen molar-refractivity contribution in [1.82, 2.24) is 19.4 Å². The molecule has 0 radical (unpaired) electrons. The highest BCUT2D eigenvalue weighted by atomic mass is 19.4. The number of aromatic nitrogens is 2. The van der Waals surface area contributed by atoms with Gasteiger partial charge in [-0.1, -0.05) is 12.1 Å². The normalized spacial score (nSPS) is 18.0. The molecule has 0 bridgehead atoms. The van der Waals surface area contributed by atoms with E-state index in [1.165, 1.54) is 12.7 Å². The highest BCUT2D eigenvalue weighted by Gasteiger charge is 2.37. The first-order valence-electron chi connectivity index (χ1n) is 12.7. The molecule has 7 nitrogen and oxygen atoms in total. The van der Waals surface area contributed by atoms with Crippen LogP contribution in [0.2, 0.25) is 0 Å². The number of pyridine rings is 1. The van der Waals surface area contributed by atoms with Crippen LogP contribution in [0.1, 0.15) is 40.7 Å². The van der Waals surface area contributed by atoms with E-state index < -0.39 is 18.6 Å². The number of benzene rings is 1. The fraction of sp³-hybridized carbons (Fsp3) is 0.393. The first-order valence-corrected chi connectivity index (χ1v) is 12.7. The predicted octanol–water partition coefficient (Wildman–Crippen LogP) is 4.60. The van der Waals surface area contributed by atoms with Crippen LogP contribution in [0.15, 0.2) is 42.7 Å². The largest absolute Gasteiger partial charge is 0.496 e. The van der Waals surface area contributed by atoms with Crippen molar-refractivity contribution in [2.45, 2.75) is 31.9 Å². The SMILES string of the molecule is COc1cc(-c2cnn3cc(C4=CCN(C(=O)C5CC5)CC4)ccc23)cc2c1C(=O)N(CC(F)(F)F)CC2. The average Bonchev–Trinajstić information content (AvgIpc) is 3.67. The zero-order valence-electron chi connectivity index (χ0n) is 20.9. The monoisotopic (exact) mass is 524 g/mol. The van der Waals surface area contributed by atoms with Gasteiger partial charge in [-0.05, 0) is 66.1 Å². The van der Waals surface area contributed by atoms with Crippen molar-refractivity contribution >= 4 is 22.9 Å². The van der Waals surface area contributed by atoms with Crippen molar-refractivity contribution in [3.63, 3.8) is 0 Å². The maximum Gasteiger partial charge on any atom is 0.406 e. The quantitative estimate of drug-likeness (QED) is 0.490. The molecule has 3 aromatic rings. The maximum atomic E-state index is 12.9. The average molecular weight is 525 g/mol. The third-order valence-electron chi connectivity index (χ3n) is 7.57. The summed E-state index contributed by atoms with van der Waals surface area (Å²) in [6, 6.07) is 7.57. The minimum atomic E-state index is -4.46. The first-order chi connectivity index (χ1) is 18.2. The Morgan fingerprint density at radius 1 is 1.13 bits per heavy atom. The number of amides is 2. The minimum absolute atomic E-state index is 0.00510. The molecule has 1 fully saturated rings. The van der Waals surface area contributed by atoms with Crippen LogP contribution in [-0.2, 0) is 11.2 Å². The van der Waals surface area contributed by atoms with Crippen LogP contribution in [0.3, 0.4) is 0 Å². The lowest BCUT2D eigenvalue weighted by molar-refractivity contribution is -0.141. The summed E-state index contributed by atoms with van der Waals surface area (Å²) in [5.41, 5.74) is 5.55. The topological polar surface area (TPSA) is 67.2 Å². The van der Waals surface area contributed by atoms with Crippen LogP contribution in [0.25, 0.3) is 22.2 Å². The lowest BCUT2D eigenvalue weighted by Gasteiger charge is -2.30. The number of hydrogen-bond acceptors (Lipinski definition) is 4. The maximum absolute atomic E-state index is 12.9. The number of hydrogen-bond donors (Lipinski definition) is 0. The molecule has 38 heavy (non-hydrogen) atoms. The summed E-state index contributed by atoms with van der Waals surface area (Å²) in [6.07, 6.45) is 4.47. The molecular weight excluding hydrogens is 497 g/mol. The predicted molar refractivity (Wildman–Crippen MR) is 135 cm³/mol. The van der Waals surface area contributed by atoms with Crippen molar-refractivity contribution < 1.29 is 27.5 Å². The molecule has 0 atom stereocenters. The zero-order chi connectivity index (χ0) is 26.6. The van der Waals surface area contributed by atoms with Crippen molar-refractivity contribution in [3.05, 3.63) is 59.4 Å². The fourth-order valence-corrected chi connectivity index (χ4v) is 5.43. The van der Waals surface area contributed by atoms with Crippen LogP contribution in [-0.4, -0.2) is 70.7 Å². The Morgan fingerprint density at radius 2 is 1.95 bits per heavy atom. The Balaban J connectivity index is 1.28. The van der Waals surface area contributed by atoms with E-state index in [4.69, 9.17) is 4.74 Å². The fourth-order valence-electron chi connectivity index (χ4n) is 5.43. The van der Waals surface area contributed by atoms with Gasteiger partial charge in [0.25, 0.3) is 5.91 Å². The van der Waals surface area contributed by atoms with Gasteiger partial charge < -0.3 is 14.5 Å². The van der Waals surface area contributed by atoms with Crippen LogP contribution in [0.4, 0.5) is 13.2 Å². The molecule has 2 aromatic heterocycles. The lowest BCUT2D eigenvalue weighted by atomic mass is 9.93. The Labute approximate surface area is 217 Å². The van der Waals surface area contributed by atoms with Gasteiger partial charge in [0.15, 0.2) is 0 Å². The molecule has 198 valence electrons. The number of methoxy groups -OCH3 is 1. The van der Waals surface area contributed by atoms with E-state index in [-0.39, 0.29) is 29.7 Å². The molecule has 6 rings (SSSR count). The number of alkyl halides is 3. The second-order valence-electron chi connectivity index (χ2n) is 10.1. The summed E-state index contributed by atoms with van der Waals surface area (Å²) in [7, 11) is 1.41. The second kappa shape index (κ2) is 9.18. The first kappa shape index (κ1) is 24.5. The van der Waals surface area contributed by atoms with Crippen LogP contribution in [0.5, 0.6) is 5.75 Å². The Bertz CT molecular complexity index is 1450. The molecule has 2 amide bonds. The van der Waals surface area contributed by atoms with E-state index in [1.54, 1.807) is 16.8 Å². The summed E-state index contributed by atoms with van der Waals surface area (Å²) < 4.78 is 46.1. The number of carbonyl (C=O) groups excluding carboxylic acids is 2.